The zero-order valence-electron chi connectivity index (χ0n) is 13.1. The molecule has 1 fully saturated rings. The molecule has 3 heterocycles. The van der Waals surface area contributed by atoms with Crippen LogP contribution in [0.1, 0.15) is 26.0 Å². The summed E-state index contributed by atoms with van der Waals surface area (Å²) in [5.41, 5.74) is 2.96. The van der Waals surface area contributed by atoms with Gasteiger partial charge in [0, 0.05) is 38.4 Å². The summed E-state index contributed by atoms with van der Waals surface area (Å²) in [6.45, 7) is 6.21. The van der Waals surface area contributed by atoms with Gasteiger partial charge in [0.2, 0.25) is 5.91 Å². The molecule has 2 aromatic heterocycles. The fraction of sp³-hybridized carbons (Fsp3) is 0.500. The van der Waals surface area contributed by atoms with Crippen molar-refractivity contribution in [2.45, 2.75) is 33.2 Å². The minimum absolute atomic E-state index is 0.165. The lowest BCUT2D eigenvalue weighted by Gasteiger charge is -2.13. The predicted molar refractivity (Wildman–Crippen MR) is 83.0 cm³/mol. The molecule has 1 saturated heterocycles. The largest absolute Gasteiger partial charge is 0.343 e. The third-order valence-corrected chi connectivity index (χ3v) is 4.23. The maximum Gasteiger partial charge on any atom is 0.219 e. The maximum absolute atomic E-state index is 11.4. The smallest absolute Gasteiger partial charge is 0.219 e. The molecule has 1 aliphatic heterocycles. The molecule has 22 heavy (non-hydrogen) atoms. The second kappa shape index (κ2) is 6.25. The number of aryl methyl sites for hydroxylation is 1. The topological polar surface area (TPSA) is 63.9 Å². The lowest BCUT2D eigenvalue weighted by molar-refractivity contribution is -0.127. The number of hydrogen-bond acceptors (Lipinski definition) is 4. The van der Waals surface area contributed by atoms with E-state index in [0.29, 0.717) is 5.92 Å². The Kier molecular flexibility index (Phi) is 4.18. The van der Waals surface area contributed by atoms with Gasteiger partial charge in [-0.3, -0.25) is 9.48 Å². The fourth-order valence-electron chi connectivity index (χ4n) is 3.03. The first-order valence-corrected chi connectivity index (χ1v) is 7.76. The molecule has 0 spiro atoms. The summed E-state index contributed by atoms with van der Waals surface area (Å²) >= 11 is 0. The molecule has 0 unspecified atom stereocenters. The van der Waals surface area contributed by atoms with Gasteiger partial charge in [0.05, 0.1) is 11.4 Å². The van der Waals surface area contributed by atoms with E-state index in [1.807, 2.05) is 21.7 Å². The second-order valence-electron chi connectivity index (χ2n) is 5.75. The quantitative estimate of drug-likeness (QED) is 0.863. The molecule has 1 aliphatic rings. The van der Waals surface area contributed by atoms with Crippen LogP contribution in [0.25, 0.3) is 11.4 Å². The summed E-state index contributed by atoms with van der Waals surface area (Å²) < 4.78 is 1.93. The summed E-state index contributed by atoms with van der Waals surface area (Å²) in [5, 5.41) is 4.29. The van der Waals surface area contributed by atoms with Crippen LogP contribution in [0, 0.1) is 5.92 Å². The highest BCUT2D eigenvalue weighted by Gasteiger charge is 2.24. The summed E-state index contributed by atoms with van der Waals surface area (Å²) in [6, 6.07) is 4.02. The van der Waals surface area contributed by atoms with Crippen LogP contribution in [-0.4, -0.2) is 43.6 Å². The third kappa shape index (κ3) is 3.00. The van der Waals surface area contributed by atoms with Crippen molar-refractivity contribution in [1.82, 2.24) is 24.6 Å². The Bertz CT molecular complexity index is 666. The van der Waals surface area contributed by atoms with E-state index in [2.05, 4.69) is 22.0 Å². The van der Waals surface area contributed by atoms with Crippen LogP contribution in [0.15, 0.2) is 24.7 Å². The van der Waals surface area contributed by atoms with E-state index >= 15 is 0 Å². The molecule has 1 amide bonds. The summed E-state index contributed by atoms with van der Waals surface area (Å²) in [4.78, 5) is 22.1. The Hall–Kier alpha value is -2.24. The standard InChI is InChI=1S/C16H21N5O/c1-3-21-16(4-6-19-21)15-9-14(17-11-18-15)8-13-5-7-20(10-13)12(2)22/h4,6,9,11,13H,3,5,7-8,10H2,1-2H3/t13-/m1/s1. The minimum Gasteiger partial charge on any atom is -0.343 e. The Labute approximate surface area is 130 Å². The van der Waals surface area contributed by atoms with Gasteiger partial charge in [-0.2, -0.15) is 5.10 Å². The van der Waals surface area contributed by atoms with E-state index in [4.69, 9.17) is 0 Å². The van der Waals surface area contributed by atoms with Crippen molar-refractivity contribution in [3.05, 3.63) is 30.4 Å². The van der Waals surface area contributed by atoms with Crippen LogP contribution in [0.5, 0.6) is 0 Å². The van der Waals surface area contributed by atoms with Crippen molar-refractivity contribution in [1.29, 1.82) is 0 Å². The maximum atomic E-state index is 11.4. The molecule has 0 N–H and O–H groups in total. The van der Waals surface area contributed by atoms with E-state index in [1.54, 1.807) is 19.4 Å². The number of aromatic nitrogens is 4. The Morgan fingerprint density at radius 1 is 1.41 bits per heavy atom. The highest BCUT2D eigenvalue weighted by atomic mass is 16.2. The summed E-state index contributed by atoms with van der Waals surface area (Å²) in [7, 11) is 0. The van der Waals surface area contributed by atoms with Gasteiger partial charge >= 0.3 is 0 Å². The number of rotatable bonds is 4. The van der Waals surface area contributed by atoms with Crippen molar-refractivity contribution in [2.24, 2.45) is 5.92 Å². The highest BCUT2D eigenvalue weighted by molar-refractivity contribution is 5.73. The van der Waals surface area contributed by atoms with E-state index in [9.17, 15) is 4.79 Å². The minimum atomic E-state index is 0.165. The first-order chi connectivity index (χ1) is 10.7. The molecule has 0 radical (unpaired) electrons. The number of amides is 1. The number of likely N-dealkylation sites (tertiary alicyclic amines) is 1. The lowest BCUT2D eigenvalue weighted by Crippen LogP contribution is -2.26. The van der Waals surface area contributed by atoms with Crippen LogP contribution < -0.4 is 0 Å². The molecular weight excluding hydrogens is 278 g/mol. The van der Waals surface area contributed by atoms with E-state index in [-0.39, 0.29) is 5.91 Å². The molecular formula is C16H21N5O. The zero-order chi connectivity index (χ0) is 15.5. The van der Waals surface area contributed by atoms with Crippen molar-refractivity contribution in [2.75, 3.05) is 13.1 Å². The molecule has 6 heteroatoms. The monoisotopic (exact) mass is 299 g/mol. The Balaban J connectivity index is 1.74. The molecule has 3 rings (SSSR count). The molecule has 6 nitrogen and oxygen atoms in total. The average molecular weight is 299 g/mol. The fourth-order valence-corrected chi connectivity index (χ4v) is 3.03. The van der Waals surface area contributed by atoms with Gasteiger partial charge < -0.3 is 4.90 Å². The molecule has 0 aliphatic carbocycles. The molecule has 0 bridgehead atoms. The van der Waals surface area contributed by atoms with Gasteiger partial charge in [0.15, 0.2) is 0 Å². The average Bonchev–Trinajstić information content (AvgIpc) is 3.16. The van der Waals surface area contributed by atoms with Crippen LogP contribution in [0.4, 0.5) is 0 Å². The van der Waals surface area contributed by atoms with Crippen molar-refractivity contribution in [3.8, 4) is 11.4 Å². The number of carbonyl (C=O) groups excluding carboxylic acids is 1. The van der Waals surface area contributed by atoms with Gasteiger partial charge in [-0.15, -0.1) is 0 Å². The normalized spacial score (nSPS) is 17.9. The van der Waals surface area contributed by atoms with Crippen LogP contribution >= 0.6 is 0 Å². The second-order valence-corrected chi connectivity index (χ2v) is 5.75. The zero-order valence-corrected chi connectivity index (χ0v) is 13.1. The van der Waals surface area contributed by atoms with Gasteiger partial charge in [0.25, 0.3) is 0 Å². The molecule has 116 valence electrons. The Morgan fingerprint density at radius 2 is 2.27 bits per heavy atom. The lowest BCUT2D eigenvalue weighted by atomic mass is 10.0. The van der Waals surface area contributed by atoms with E-state index in [0.717, 1.165) is 49.6 Å². The van der Waals surface area contributed by atoms with Crippen molar-refractivity contribution >= 4 is 5.91 Å². The van der Waals surface area contributed by atoms with Crippen LogP contribution in [-0.2, 0) is 17.8 Å². The Morgan fingerprint density at radius 3 is 3.00 bits per heavy atom. The van der Waals surface area contributed by atoms with E-state index in [1.165, 1.54) is 0 Å². The van der Waals surface area contributed by atoms with Gasteiger partial charge in [-0.25, -0.2) is 9.97 Å². The van der Waals surface area contributed by atoms with Gasteiger partial charge in [-0.05, 0) is 37.8 Å². The first kappa shape index (κ1) is 14.7. The number of nitrogens with zero attached hydrogens (tertiary/aromatic N) is 5. The van der Waals surface area contributed by atoms with E-state index < -0.39 is 0 Å². The van der Waals surface area contributed by atoms with Crippen molar-refractivity contribution in [3.63, 3.8) is 0 Å². The van der Waals surface area contributed by atoms with Crippen LogP contribution in [0.2, 0.25) is 0 Å². The predicted octanol–water partition coefficient (Wildman–Crippen LogP) is 1.77. The highest BCUT2D eigenvalue weighted by Crippen LogP contribution is 2.22. The van der Waals surface area contributed by atoms with Gasteiger partial charge in [-0.1, -0.05) is 0 Å². The van der Waals surface area contributed by atoms with Crippen molar-refractivity contribution < 1.29 is 4.79 Å². The SMILES string of the molecule is CCn1nccc1-c1cc(C[C@H]2CCN(C(C)=O)C2)ncn1. The number of hydrogen-bond donors (Lipinski definition) is 0. The third-order valence-electron chi connectivity index (χ3n) is 4.23. The summed E-state index contributed by atoms with van der Waals surface area (Å²) in [6.07, 6.45) is 5.35. The molecule has 0 aromatic carbocycles. The summed E-state index contributed by atoms with van der Waals surface area (Å²) in [5.74, 6) is 0.653. The van der Waals surface area contributed by atoms with Crippen LogP contribution in [0.3, 0.4) is 0 Å². The van der Waals surface area contributed by atoms with Gasteiger partial charge in [0.1, 0.15) is 6.33 Å². The number of carbonyl (C=O) groups is 1. The molecule has 2 aromatic rings. The molecule has 0 saturated carbocycles. The first-order valence-electron chi connectivity index (χ1n) is 7.76. The molecule has 1 atom stereocenters.